The predicted octanol–water partition coefficient (Wildman–Crippen LogP) is 3.19. The summed E-state index contributed by atoms with van der Waals surface area (Å²) in [4.78, 5) is 0. The highest BCUT2D eigenvalue weighted by atomic mass is 35.5. The monoisotopic (exact) mass is 263 g/mol. The van der Waals surface area contributed by atoms with Gasteiger partial charge in [-0.1, -0.05) is 29.8 Å². The van der Waals surface area contributed by atoms with E-state index in [0.717, 1.165) is 5.69 Å². The van der Waals surface area contributed by atoms with E-state index >= 15 is 0 Å². The van der Waals surface area contributed by atoms with Crippen LogP contribution in [0.1, 0.15) is 11.7 Å². The van der Waals surface area contributed by atoms with Crippen LogP contribution in [0, 0.1) is 0 Å². The third kappa shape index (κ3) is 3.15. The summed E-state index contributed by atoms with van der Waals surface area (Å²) in [6.45, 7) is 0.319. The fraction of sp³-hybridized carbons (Fsp3) is 0.143. The van der Waals surface area contributed by atoms with Crippen LogP contribution < -0.4 is 5.32 Å². The quantitative estimate of drug-likeness (QED) is 0.794. The normalized spacial score (nSPS) is 12.1. The van der Waals surface area contributed by atoms with Crippen LogP contribution in [0.25, 0.3) is 0 Å². The van der Waals surface area contributed by atoms with Gasteiger partial charge in [0, 0.05) is 22.8 Å². The van der Waals surface area contributed by atoms with Crippen molar-refractivity contribution in [1.29, 1.82) is 0 Å². The lowest BCUT2D eigenvalue weighted by Gasteiger charge is -2.14. The van der Waals surface area contributed by atoms with Crippen LogP contribution in [0.3, 0.4) is 0 Å². The van der Waals surface area contributed by atoms with Gasteiger partial charge in [0.15, 0.2) is 0 Å². The van der Waals surface area contributed by atoms with Crippen molar-refractivity contribution in [2.24, 2.45) is 0 Å². The largest absolute Gasteiger partial charge is 0.508 e. The van der Waals surface area contributed by atoms with Gasteiger partial charge in [0.1, 0.15) is 5.75 Å². The zero-order valence-electron chi connectivity index (χ0n) is 9.68. The Kier molecular flexibility index (Phi) is 4.07. The molecule has 0 saturated heterocycles. The third-order valence-corrected chi connectivity index (χ3v) is 2.89. The Labute approximate surface area is 111 Å². The standard InChI is InChI=1S/C14H14ClNO2/c15-10-5-7-11(8-6-10)16-9-14(18)12-3-1-2-4-13(12)17/h1-8,14,16-18H,9H2/t14-/m0/s1. The zero-order valence-corrected chi connectivity index (χ0v) is 10.4. The number of hydrogen-bond acceptors (Lipinski definition) is 3. The van der Waals surface area contributed by atoms with Gasteiger partial charge in [-0.3, -0.25) is 0 Å². The van der Waals surface area contributed by atoms with Gasteiger partial charge in [0.05, 0.1) is 6.10 Å². The number of rotatable bonds is 4. The molecule has 4 heteroatoms. The van der Waals surface area contributed by atoms with Gasteiger partial charge < -0.3 is 15.5 Å². The Morgan fingerprint density at radius 3 is 2.39 bits per heavy atom. The highest BCUT2D eigenvalue weighted by molar-refractivity contribution is 6.30. The average molecular weight is 264 g/mol. The van der Waals surface area contributed by atoms with Gasteiger partial charge in [-0.05, 0) is 30.3 Å². The van der Waals surface area contributed by atoms with Crippen molar-refractivity contribution in [3.8, 4) is 5.75 Å². The molecule has 0 heterocycles. The third-order valence-electron chi connectivity index (χ3n) is 2.64. The van der Waals surface area contributed by atoms with Crippen molar-refractivity contribution in [3.63, 3.8) is 0 Å². The summed E-state index contributed by atoms with van der Waals surface area (Å²) in [5, 5.41) is 23.3. The molecule has 0 amide bonds. The van der Waals surface area contributed by atoms with Gasteiger partial charge in [0.25, 0.3) is 0 Å². The van der Waals surface area contributed by atoms with E-state index in [1.807, 2.05) is 12.1 Å². The predicted molar refractivity (Wildman–Crippen MR) is 73.0 cm³/mol. The number of aromatic hydroxyl groups is 1. The summed E-state index contributed by atoms with van der Waals surface area (Å²) in [6.07, 6.45) is -0.762. The molecule has 0 saturated carbocycles. The van der Waals surface area contributed by atoms with Crippen LogP contribution in [0.4, 0.5) is 5.69 Å². The average Bonchev–Trinajstić information content (AvgIpc) is 2.38. The molecule has 0 aliphatic rings. The number of aliphatic hydroxyl groups is 1. The molecular weight excluding hydrogens is 250 g/mol. The molecule has 2 aromatic carbocycles. The molecule has 1 atom stereocenters. The molecule has 0 spiro atoms. The Hall–Kier alpha value is -1.71. The zero-order chi connectivity index (χ0) is 13.0. The van der Waals surface area contributed by atoms with E-state index in [4.69, 9.17) is 11.6 Å². The maximum atomic E-state index is 9.97. The first-order chi connectivity index (χ1) is 8.66. The number of para-hydroxylation sites is 1. The van der Waals surface area contributed by atoms with Crippen molar-refractivity contribution in [1.82, 2.24) is 0 Å². The first kappa shape index (κ1) is 12.7. The molecule has 3 N–H and O–H groups in total. The topological polar surface area (TPSA) is 52.5 Å². The molecule has 0 unspecified atom stereocenters. The molecular formula is C14H14ClNO2. The minimum Gasteiger partial charge on any atom is -0.508 e. The van der Waals surface area contributed by atoms with Crippen molar-refractivity contribution in [3.05, 3.63) is 59.1 Å². The second-order valence-electron chi connectivity index (χ2n) is 3.96. The number of phenolic OH excluding ortho intramolecular Hbond substituents is 1. The number of aliphatic hydroxyl groups excluding tert-OH is 1. The fourth-order valence-corrected chi connectivity index (χ4v) is 1.79. The molecule has 0 radical (unpaired) electrons. The summed E-state index contributed by atoms with van der Waals surface area (Å²) in [7, 11) is 0. The SMILES string of the molecule is Oc1ccccc1[C@@H](O)CNc1ccc(Cl)cc1. The lowest BCUT2D eigenvalue weighted by Crippen LogP contribution is -2.12. The van der Waals surface area contributed by atoms with Crippen LogP contribution in [-0.4, -0.2) is 16.8 Å². The van der Waals surface area contributed by atoms with Crippen molar-refractivity contribution >= 4 is 17.3 Å². The molecule has 0 bridgehead atoms. The highest BCUT2D eigenvalue weighted by Crippen LogP contribution is 2.24. The Balaban J connectivity index is 1.98. The van der Waals surface area contributed by atoms with Crippen molar-refractivity contribution in [2.75, 3.05) is 11.9 Å². The van der Waals surface area contributed by atoms with E-state index in [1.54, 1.807) is 36.4 Å². The van der Waals surface area contributed by atoms with Gasteiger partial charge in [-0.15, -0.1) is 0 Å². The second kappa shape index (κ2) is 5.76. The van der Waals surface area contributed by atoms with Crippen LogP contribution >= 0.6 is 11.6 Å². The number of hydrogen-bond donors (Lipinski definition) is 3. The lowest BCUT2D eigenvalue weighted by atomic mass is 10.1. The maximum absolute atomic E-state index is 9.97. The Morgan fingerprint density at radius 2 is 1.72 bits per heavy atom. The molecule has 18 heavy (non-hydrogen) atoms. The van der Waals surface area contributed by atoms with Crippen LogP contribution in [0.2, 0.25) is 5.02 Å². The smallest absolute Gasteiger partial charge is 0.121 e. The maximum Gasteiger partial charge on any atom is 0.121 e. The minimum atomic E-state index is -0.762. The number of nitrogens with one attached hydrogen (secondary N) is 1. The van der Waals surface area contributed by atoms with Gasteiger partial charge in [-0.25, -0.2) is 0 Å². The van der Waals surface area contributed by atoms with E-state index in [2.05, 4.69) is 5.32 Å². The number of benzene rings is 2. The van der Waals surface area contributed by atoms with Crippen LogP contribution in [0.15, 0.2) is 48.5 Å². The highest BCUT2D eigenvalue weighted by Gasteiger charge is 2.10. The van der Waals surface area contributed by atoms with E-state index in [1.165, 1.54) is 0 Å². The minimum absolute atomic E-state index is 0.0999. The molecule has 94 valence electrons. The molecule has 3 nitrogen and oxygen atoms in total. The molecule has 2 aromatic rings. The number of phenols is 1. The Bertz CT molecular complexity index is 513. The summed E-state index contributed by atoms with van der Waals surface area (Å²) >= 11 is 5.78. The Morgan fingerprint density at radius 1 is 1.06 bits per heavy atom. The van der Waals surface area contributed by atoms with E-state index in [9.17, 15) is 10.2 Å². The van der Waals surface area contributed by atoms with Gasteiger partial charge in [0.2, 0.25) is 0 Å². The van der Waals surface area contributed by atoms with Gasteiger partial charge in [-0.2, -0.15) is 0 Å². The fourth-order valence-electron chi connectivity index (χ4n) is 1.66. The molecule has 0 aliphatic heterocycles. The first-order valence-corrected chi connectivity index (χ1v) is 6.00. The van der Waals surface area contributed by atoms with E-state index in [-0.39, 0.29) is 5.75 Å². The number of halogens is 1. The van der Waals surface area contributed by atoms with E-state index < -0.39 is 6.10 Å². The molecule has 0 aromatic heterocycles. The summed E-state index contributed by atoms with van der Waals surface area (Å²) < 4.78 is 0. The first-order valence-electron chi connectivity index (χ1n) is 5.62. The lowest BCUT2D eigenvalue weighted by molar-refractivity contribution is 0.187. The summed E-state index contributed by atoms with van der Waals surface area (Å²) in [6, 6.07) is 14.0. The summed E-state index contributed by atoms with van der Waals surface area (Å²) in [5.74, 6) is 0.0999. The number of anilines is 1. The molecule has 0 aliphatic carbocycles. The molecule has 2 rings (SSSR count). The van der Waals surface area contributed by atoms with Gasteiger partial charge >= 0.3 is 0 Å². The van der Waals surface area contributed by atoms with E-state index in [0.29, 0.717) is 17.1 Å². The van der Waals surface area contributed by atoms with Crippen LogP contribution in [-0.2, 0) is 0 Å². The molecule has 0 fully saturated rings. The van der Waals surface area contributed by atoms with Crippen molar-refractivity contribution < 1.29 is 10.2 Å². The van der Waals surface area contributed by atoms with Crippen molar-refractivity contribution in [2.45, 2.75) is 6.10 Å². The van der Waals surface area contributed by atoms with Crippen LogP contribution in [0.5, 0.6) is 5.75 Å². The second-order valence-corrected chi connectivity index (χ2v) is 4.40. The summed E-state index contributed by atoms with van der Waals surface area (Å²) in [5.41, 5.74) is 1.38.